The second-order valence-corrected chi connectivity index (χ2v) is 15.4. The van der Waals surface area contributed by atoms with Gasteiger partial charge in [-0.2, -0.15) is 0 Å². The van der Waals surface area contributed by atoms with E-state index in [4.69, 9.17) is 9.97 Å². The normalized spacial score (nSPS) is 11.7. The molecule has 0 fully saturated rings. The first kappa shape index (κ1) is 34.0. The molecule has 2 aromatic heterocycles. The predicted molar refractivity (Wildman–Crippen MR) is 252 cm³/mol. The van der Waals surface area contributed by atoms with E-state index in [1.165, 1.54) is 48.9 Å². The quantitative estimate of drug-likeness (QED) is 0.183. The second kappa shape index (κ2) is 13.8. The lowest BCUT2D eigenvalue weighted by atomic mass is 9.90. The molecular weight excluding hydrogens is 729 g/mol. The number of hydrogen-bond donors (Lipinski definition) is 1. The van der Waals surface area contributed by atoms with Crippen molar-refractivity contribution in [2.75, 3.05) is 5.32 Å². The molecule has 280 valence electrons. The lowest BCUT2D eigenvalue weighted by Gasteiger charge is -2.20. The van der Waals surface area contributed by atoms with Gasteiger partial charge in [0.25, 0.3) is 0 Å². The lowest BCUT2D eigenvalue weighted by molar-refractivity contribution is 1.18. The standard InChI is InChI=1S/C56H36N4/c1-3-18-37(19-4-1)55-45-27-13-15-29-48(45)58-56(59-55)44-32-34-49(42-25-11-9-23-40(42)44)57-50-33-31-36-17-7-8-22-39(36)53(50)47-35-52-54(43-26-12-10-24-41(43)47)46-28-14-16-30-51(46)60(52)38-20-5-2-6-21-38/h1-35,57H. The molecule has 0 aliphatic heterocycles. The van der Waals surface area contributed by atoms with Gasteiger partial charge in [-0.05, 0) is 81.0 Å². The van der Waals surface area contributed by atoms with Crippen molar-refractivity contribution in [3.63, 3.8) is 0 Å². The zero-order valence-electron chi connectivity index (χ0n) is 32.5. The molecule has 0 saturated heterocycles. The summed E-state index contributed by atoms with van der Waals surface area (Å²) in [6.45, 7) is 0. The third-order valence-corrected chi connectivity index (χ3v) is 12.0. The number of nitrogens with zero attached hydrogens (tertiary/aromatic N) is 3. The van der Waals surface area contributed by atoms with Crippen LogP contribution < -0.4 is 5.32 Å². The molecule has 0 amide bonds. The number of fused-ring (bicyclic) bond motifs is 8. The Balaban J connectivity index is 1.08. The topological polar surface area (TPSA) is 42.7 Å². The largest absolute Gasteiger partial charge is 0.354 e. The molecule has 1 N–H and O–H groups in total. The summed E-state index contributed by atoms with van der Waals surface area (Å²) in [4.78, 5) is 10.4. The molecule has 0 radical (unpaired) electrons. The maximum atomic E-state index is 5.26. The molecule has 12 rings (SSSR count). The highest BCUT2D eigenvalue weighted by molar-refractivity contribution is 6.26. The molecule has 10 aromatic carbocycles. The zero-order chi connectivity index (χ0) is 39.6. The molecular formula is C56H36N4. The van der Waals surface area contributed by atoms with Gasteiger partial charge >= 0.3 is 0 Å². The predicted octanol–water partition coefficient (Wildman–Crippen LogP) is 14.9. The molecule has 0 bridgehead atoms. The van der Waals surface area contributed by atoms with Gasteiger partial charge in [-0.25, -0.2) is 9.97 Å². The van der Waals surface area contributed by atoms with Crippen LogP contribution in [0.25, 0.3) is 104 Å². The number of rotatable bonds is 6. The van der Waals surface area contributed by atoms with Crippen molar-refractivity contribution in [1.29, 1.82) is 0 Å². The molecule has 0 unspecified atom stereocenters. The van der Waals surface area contributed by atoms with E-state index in [-0.39, 0.29) is 0 Å². The van der Waals surface area contributed by atoms with Gasteiger partial charge < -0.3 is 9.88 Å². The Bertz CT molecular complexity index is 3630. The number of hydrogen-bond acceptors (Lipinski definition) is 3. The maximum Gasteiger partial charge on any atom is 0.161 e. The number of anilines is 2. The molecule has 0 aliphatic rings. The van der Waals surface area contributed by atoms with E-state index < -0.39 is 0 Å². The van der Waals surface area contributed by atoms with Gasteiger partial charge in [0.2, 0.25) is 0 Å². The van der Waals surface area contributed by atoms with Crippen molar-refractivity contribution in [2.24, 2.45) is 0 Å². The molecule has 0 atom stereocenters. The first-order chi connectivity index (χ1) is 29.8. The summed E-state index contributed by atoms with van der Waals surface area (Å²) in [5.41, 5.74) is 11.8. The number of nitrogens with one attached hydrogen (secondary N) is 1. The number of benzene rings is 10. The van der Waals surface area contributed by atoms with Gasteiger partial charge in [0.1, 0.15) is 0 Å². The highest BCUT2D eigenvalue weighted by Crippen LogP contribution is 2.46. The van der Waals surface area contributed by atoms with E-state index in [2.05, 4.69) is 210 Å². The van der Waals surface area contributed by atoms with Crippen LogP contribution in [0.5, 0.6) is 0 Å². The minimum Gasteiger partial charge on any atom is -0.354 e. The Morgan fingerprint density at radius 1 is 0.383 bits per heavy atom. The van der Waals surface area contributed by atoms with Crippen molar-refractivity contribution in [3.05, 3.63) is 212 Å². The summed E-state index contributed by atoms with van der Waals surface area (Å²) in [5.74, 6) is 0.704. The van der Waals surface area contributed by atoms with Gasteiger partial charge in [-0.15, -0.1) is 0 Å². The summed E-state index contributed by atoms with van der Waals surface area (Å²) in [6.07, 6.45) is 0. The first-order valence-electron chi connectivity index (χ1n) is 20.4. The smallest absolute Gasteiger partial charge is 0.161 e. The summed E-state index contributed by atoms with van der Waals surface area (Å²) in [7, 11) is 0. The number of aromatic nitrogens is 3. The maximum absolute atomic E-state index is 5.26. The minimum atomic E-state index is 0.704. The zero-order valence-corrected chi connectivity index (χ0v) is 32.5. The van der Waals surface area contributed by atoms with Crippen LogP contribution in [0.2, 0.25) is 0 Å². The van der Waals surface area contributed by atoms with Crippen molar-refractivity contribution < 1.29 is 0 Å². The highest BCUT2D eigenvalue weighted by Gasteiger charge is 2.21. The van der Waals surface area contributed by atoms with E-state index in [0.29, 0.717) is 5.82 Å². The molecule has 12 aromatic rings. The average molecular weight is 765 g/mol. The minimum absolute atomic E-state index is 0.704. The fourth-order valence-corrected chi connectivity index (χ4v) is 9.32. The fraction of sp³-hybridized carbons (Fsp3) is 0. The van der Waals surface area contributed by atoms with E-state index in [1.807, 2.05) is 12.1 Å². The second-order valence-electron chi connectivity index (χ2n) is 15.4. The van der Waals surface area contributed by atoms with Crippen LogP contribution in [0.1, 0.15) is 0 Å². The van der Waals surface area contributed by atoms with Crippen molar-refractivity contribution in [2.45, 2.75) is 0 Å². The summed E-state index contributed by atoms with van der Waals surface area (Å²) < 4.78 is 2.42. The van der Waals surface area contributed by atoms with E-state index in [0.717, 1.165) is 61.1 Å². The molecule has 4 heteroatoms. The van der Waals surface area contributed by atoms with Gasteiger partial charge in [0.15, 0.2) is 5.82 Å². The molecule has 0 spiro atoms. The third-order valence-electron chi connectivity index (χ3n) is 12.0. The summed E-state index contributed by atoms with van der Waals surface area (Å²) in [6, 6.07) is 75.6. The van der Waals surface area contributed by atoms with Crippen molar-refractivity contribution >= 4 is 76.4 Å². The van der Waals surface area contributed by atoms with Crippen molar-refractivity contribution in [1.82, 2.24) is 14.5 Å². The van der Waals surface area contributed by atoms with Crippen LogP contribution in [-0.2, 0) is 0 Å². The molecule has 4 nitrogen and oxygen atoms in total. The monoisotopic (exact) mass is 764 g/mol. The highest BCUT2D eigenvalue weighted by atomic mass is 15.0. The Morgan fingerprint density at radius 2 is 0.983 bits per heavy atom. The van der Waals surface area contributed by atoms with Crippen molar-refractivity contribution in [3.8, 4) is 39.5 Å². The SMILES string of the molecule is c1ccc(-c2nc(-c3ccc(Nc4ccc5ccccc5c4-c4cc5c(c6ccccc46)c4ccccc4n5-c4ccccc4)c4ccccc34)nc3ccccc23)cc1. The Kier molecular flexibility index (Phi) is 7.82. The Morgan fingerprint density at radius 3 is 1.78 bits per heavy atom. The van der Waals surface area contributed by atoms with Crippen LogP contribution in [0.15, 0.2) is 212 Å². The van der Waals surface area contributed by atoms with Crippen LogP contribution in [-0.4, -0.2) is 14.5 Å². The van der Waals surface area contributed by atoms with Gasteiger partial charge in [-0.3, -0.25) is 0 Å². The number of para-hydroxylation sites is 3. The molecule has 60 heavy (non-hydrogen) atoms. The van der Waals surface area contributed by atoms with E-state index in [1.54, 1.807) is 0 Å². The third kappa shape index (κ3) is 5.39. The lowest BCUT2D eigenvalue weighted by Crippen LogP contribution is -1.99. The van der Waals surface area contributed by atoms with E-state index >= 15 is 0 Å². The molecule has 2 heterocycles. The Hall–Kier alpha value is -8.08. The molecule has 0 saturated carbocycles. The average Bonchev–Trinajstić information content (AvgIpc) is 3.66. The van der Waals surface area contributed by atoms with E-state index in [9.17, 15) is 0 Å². The molecule has 0 aliphatic carbocycles. The van der Waals surface area contributed by atoms with Crippen LogP contribution in [0.3, 0.4) is 0 Å². The Labute approximate surface area is 346 Å². The van der Waals surface area contributed by atoms with Gasteiger partial charge in [-0.1, -0.05) is 164 Å². The van der Waals surface area contributed by atoms with Crippen LogP contribution in [0.4, 0.5) is 11.4 Å². The van der Waals surface area contributed by atoms with Gasteiger partial charge in [0.05, 0.1) is 22.2 Å². The van der Waals surface area contributed by atoms with Crippen LogP contribution >= 0.6 is 0 Å². The van der Waals surface area contributed by atoms with Crippen LogP contribution in [0, 0.1) is 0 Å². The summed E-state index contributed by atoms with van der Waals surface area (Å²) >= 11 is 0. The van der Waals surface area contributed by atoms with Gasteiger partial charge in [0, 0.05) is 55.3 Å². The first-order valence-corrected chi connectivity index (χ1v) is 20.4. The fourth-order valence-electron chi connectivity index (χ4n) is 9.32. The summed E-state index contributed by atoms with van der Waals surface area (Å²) in [5, 5.41) is 14.5.